The lowest BCUT2D eigenvalue weighted by Gasteiger charge is -2.17. The maximum absolute atomic E-state index is 6.00. The molecule has 0 radical (unpaired) electrons. The topological polar surface area (TPSA) is 55.1 Å². The zero-order valence-corrected chi connectivity index (χ0v) is 10.6. The van der Waals surface area contributed by atoms with Gasteiger partial charge in [0.15, 0.2) is 11.1 Å². The van der Waals surface area contributed by atoms with Crippen LogP contribution in [0.25, 0.3) is 5.69 Å². The number of nitrogens with one attached hydrogen (secondary N) is 1. The fraction of sp³-hybridized carbons (Fsp3) is 0.250. The van der Waals surface area contributed by atoms with Gasteiger partial charge in [-0.05, 0) is 30.2 Å². The number of para-hydroxylation sites is 1. The van der Waals surface area contributed by atoms with E-state index in [0.717, 1.165) is 23.6 Å². The van der Waals surface area contributed by atoms with Crippen molar-refractivity contribution in [1.82, 2.24) is 15.0 Å². The lowest BCUT2D eigenvalue weighted by atomic mass is 10.1. The molecule has 1 aliphatic heterocycles. The van der Waals surface area contributed by atoms with Gasteiger partial charge >= 0.3 is 0 Å². The van der Waals surface area contributed by atoms with Crippen LogP contribution >= 0.6 is 11.6 Å². The van der Waals surface area contributed by atoms with Crippen LogP contribution in [0, 0.1) is 0 Å². The van der Waals surface area contributed by atoms with Crippen molar-refractivity contribution in [3.63, 3.8) is 0 Å². The van der Waals surface area contributed by atoms with Crippen molar-refractivity contribution >= 4 is 22.7 Å². The minimum absolute atomic E-state index is 0.0220. The van der Waals surface area contributed by atoms with Gasteiger partial charge in [0.05, 0.1) is 5.69 Å². The van der Waals surface area contributed by atoms with Crippen LogP contribution in [0.5, 0.6) is 0 Å². The summed E-state index contributed by atoms with van der Waals surface area (Å²) < 4.78 is 1.75. The minimum atomic E-state index is -0.0220. The molecule has 1 aromatic carbocycles. The molecular weight excluding hydrogens is 250 g/mol. The summed E-state index contributed by atoms with van der Waals surface area (Å²) in [6.45, 7) is 2.05. The van der Waals surface area contributed by atoms with Gasteiger partial charge in [0.2, 0.25) is 0 Å². The molecule has 0 fully saturated rings. The van der Waals surface area contributed by atoms with Gasteiger partial charge in [-0.1, -0.05) is 30.3 Å². The Morgan fingerprint density at radius 2 is 2.11 bits per heavy atom. The average molecular weight is 262 g/mol. The molecule has 0 spiro atoms. The number of aliphatic imine (C=N–C) groups is 1. The van der Waals surface area contributed by atoms with Crippen LogP contribution in [-0.2, 0) is 0 Å². The van der Waals surface area contributed by atoms with E-state index in [0.29, 0.717) is 5.29 Å². The highest BCUT2D eigenvalue weighted by atomic mass is 35.5. The molecule has 5 nitrogen and oxygen atoms in total. The Morgan fingerprint density at radius 3 is 2.83 bits per heavy atom. The monoisotopic (exact) mass is 261 g/mol. The summed E-state index contributed by atoms with van der Waals surface area (Å²) >= 11 is 6.00. The lowest BCUT2D eigenvalue weighted by molar-refractivity contribution is 0.671. The highest BCUT2D eigenvalue weighted by Gasteiger charge is 2.26. The highest BCUT2D eigenvalue weighted by molar-refractivity contribution is 6.67. The van der Waals surface area contributed by atoms with E-state index in [1.54, 1.807) is 4.68 Å². The van der Waals surface area contributed by atoms with E-state index in [2.05, 4.69) is 27.5 Å². The second-order valence-electron chi connectivity index (χ2n) is 4.04. The molecule has 1 aromatic heterocycles. The summed E-state index contributed by atoms with van der Waals surface area (Å²) in [7, 11) is 0. The maximum Gasteiger partial charge on any atom is 0.197 e. The number of rotatable bonds is 2. The number of anilines is 1. The fourth-order valence-corrected chi connectivity index (χ4v) is 2.20. The van der Waals surface area contributed by atoms with Crippen LogP contribution in [0.15, 0.2) is 35.3 Å². The average Bonchev–Trinajstić information content (AvgIpc) is 2.82. The number of hydrogen-bond acceptors (Lipinski definition) is 4. The number of benzene rings is 1. The Balaban J connectivity index is 2.10. The summed E-state index contributed by atoms with van der Waals surface area (Å²) in [6.07, 6.45) is 0.846. The van der Waals surface area contributed by atoms with Gasteiger partial charge in [-0.3, -0.25) is 0 Å². The molecule has 0 aliphatic carbocycles. The third-order valence-corrected chi connectivity index (χ3v) is 3.08. The Kier molecular flexibility index (Phi) is 2.76. The third kappa shape index (κ3) is 1.76. The molecule has 2 aromatic rings. The molecule has 1 atom stereocenters. The van der Waals surface area contributed by atoms with E-state index in [4.69, 9.17) is 11.6 Å². The van der Waals surface area contributed by atoms with Crippen molar-refractivity contribution in [3.8, 4) is 5.69 Å². The van der Waals surface area contributed by atoms with Gasteiger partial charge < -0.3 is 5.32 Å². The van der Waals surface area contributed by atoms with E-state index < -0.39 is 0 Å². The zero-order chi connectivity index (χ0) is 12.5. The van der Waals surface area contributed by atoms with Gasteiger partial charge in [-0.25, -0.2) is 4.99 Å². The van der Waals surface area contributed by atoms with Crippen molar-refractivity contribution in [2.75, 3.05) is 5.32 Å². The van der Waals surface area contributed by atoms with Crippen molar-refractivity contribution in [2.24, 2.45) is 4.99 Å². The summed E-state index contributed by atoms with van der Waals surface area (Å²) in [5.41, 5.74) is 1.78. The molecule has 92 valence electrons. The number of nitrogens with zero attached hydrogens (tertiary/aromatic N) is 4. The lowest BCUT2D eigenvalue weighted by Crippen LogP contribution is -2.17. The third-order valence-electron chi connectivity index (χ3n) is 2.89. The molecule has 1 N–H and O–H groups in total. The van der Waals surface area contributed by atoms with Gasteiger partial charge in [-0.2, -0.15) is 4.68 Å². The van der Waals surface area contributed by atoms with E-state index in [1.807, 2.05) is 30.3 Å². The van der Waals surface area contributed by atoms with Crippen LogP contribution in [0.3, 0.4) is 0 Å². The smallest absolute Gasteiger partial charge is 0.197 e. The van der Waals surface area contributed by atoms with Crippen molar-refractivity contribution in [1.29, 1.82) is 0 Å². The molecule has 0 unspecified atom stereocenters. The van der Waals surface area contributed by atoms with Crippen LogP contribution in [0.1, 0.15) is 25.1 Å². The Bertz CT molecular complexity index is 590. The second-order valence-corrected chi connectivity index (χ2v) is 4.40. The number of hydrogen-bond donors (Lipinski definition) is 1. The van der Waals surface area contributed by atoms with Crippen LogP contribution in [-0.4, -0.2) is 20.3 Å². The number of halogens is 1. The Labute approximate surface area is 109 Å². The molecule has 3 rings (SSSR count). The minimum Gasteiger partial charge on any atom is -0.314 e. The van der Waals surface area contributed by atoms with E-state index in [9.17, 15) is 0 Å². The second kappa shape index (κ2) is 4.42. The predicted octanol–water partition coefficient (Wildman–Crippen LogP) is 2.74. The molecule has 18 heavy (non-hydrogen) atoms. The normalized spacial score (nSPS) is 17.9. The van der Waals surface area contributed by atoms with Crippen molar-refractivity contribution in [3.05, 3.63) is 36.0 Å². The molecular formula is C12H12ClN5. The Hall–Kier alpha value is -1.88. The number of aromatic nitrogens is 3. The summed E-state index contributed by atoms with van der Waals surface area (Å²) in [5.74, 6) is 0.799. The van der Waals surface area contributed by atoms with Crippen LogP contribution in [0.2, 0.25) is 0 Å². The van der Waals surface area contributed by atoms with Gasteiger partial charge in [0.25, 0.3) is 0 Å². The molecule has 2 heterocycles. The van der Waals surface area contributed by atoms with Gasteiger partial charge in [0.1, 0.15) is 11.7 Å². The molecule has 0 amide bonds. The first-order chi connectivity index (χ1) is 8.79. The van der Waals surface area contributed by atoms with E-state index in [1.165, 1.54) is 0 Å². The molecule has 1 aliphatic rings. The SMILES string of the molecule is CC[C@H]1N=C(Cl)Nc2c1nnn2-c1ccccc1. The largest absolute Gasteiger partial charge is 0.314 e. The van der Waals surface area contributed by atoms with Gasteiger partial charge in [0, 0.05) is 0 Å². The molecule has 6 heteroatoms. The number of amidine groups is 1. The van der Waals surface area contributed by atoms with Gasteiger partial charge in [-0.15, -0.1) is 5.10 Å². The fourth-order valence-electron chi connectivity index (χ4n) is 2.00. The summed E-state index contributed by atoms with van der Waals surface area (Å²) in [4.78, 5) is 4.30. The van der Waals surface area contributed by atoms with E-state index in [-0.39, 0.29) is 6.04 Å². The van der Waals surface area contributed by atoms with Crippen LogP contribution < -0.4 is 5.32 Å². The standard InChI is InChI=1S/C12H12ClN5/c1-2-9-10-11(15-12(13)14-9)18(17-16-10)8-6-4-3-5-7-8/h3-7,9H,2H2,1H3,(H,14,15)/t9-/m1/s1. The zero-order valence-electron chi connectivity index (χ0n) is 9.84. The predicted molar refractivity (Wildman–Crippen MR) is 71.3 cm³/mol. The molecule has 0 saturated heterocycles. The quantitative estimate of drug-likeness (QED) is 0.846. The first kappa shape index (κ1) is 11.2. The van der Waals surface area contributed by atoms with E-state index >= 15 is 0 Å². The summed E-state index contributed by atoms with van der Waals surface area (Å²) in [5, 5.41) is 11.8. The highest BCUT2D eigenvalue weighted by Crippen LogP contribution is 2.32. The molecule has 0 bridgehead atoms. The number of fused-ring (bicyclic) bond motifs is 1. The van der Waals surface area contributed by atoms with Crippen molar-refractivity contribution < 1.29 is 0 Å². The first-order valence-electron chi connectivity index (χ1n) is 5.81. The van der Waals surface area contributed by atoms with Crippen LogP contribution in [0.4, 0.5) is 5.82 Å². The molecule has 0 saturated carbocycles. The van der Waals surface area contributed by atoms with Crippen molar-refractivity contribution in [2.45, 2.75) is 19.4 Å². The Morgan fingerprint density at radius 1 is 1.33 bits per heavy atom. The maximum atomic E-state index is 6.00. The first-order valence-corrected chi connectivity index (χ1v) is 6.18. The summed E-state index contributed by atoms with van der Waals surface area (Å²) in [6, 6.07) is 9.79.